The van der Waals surface area contributed by atoms with Crippen LogP contribution in [0.2, 0.25) is 0 Å². The van der Waals surface area contributed by atoms with Crippen molar-refractivity contribution in [3.63, 3.8) is 0 Å². The van der Waals surface area contributed by atoms with Gasteiger partial charge in [0.15, 0.2) is 0 Å². The van der Waals surface area contributed by atoms with Gasteiger partial charge < -0.3 is 4.90 Å². The molecule has 0 amide bonds. The van der Waals surface area contributed by atoms with Gasteiger partial charge in [-0.3, -0.25) is 9.97 Å². The zero-order valence-electron chi connectivity index (χ0n) is 16.8. The van der Waals surface area contributed by atoms with Gasteiger partial charge in [0.05, 0.1) is 28.5 Å². The van der Waals surface area contributed by atoms with Crippen LogP contribution in [0.3, 0.4) is 0 Å². The third-order valence-electron chi connectivity index (χ3n) is 4.95. The molecule has 0 N–H and O–H groups in total. The first kappa shape index (κ1) is 18.7. The first-order valence-corrected chi connectivity index (χ1v) is 10.1. The second-order valence-electron chi connectivity index (χ2n) is 7.03. The molecule has 31 heavy (non-hydrogen) atoms. The number of anilines is 3. The molecular formula is C27H20N4. The summed E-state index contributed by atoms with van der Waals surface area (Å²) in [6.07, 6.45) is 3.58. The molecule has 4 nitrogen and oxygen atoms in total. The van der Waals surface area contributed by atoms with Crippen LogP contribution in [-0.4, -0.2) is 15.0 Å². The van der Waals surface area contributed by atoms with Crippen LogP contribution in [0.25, 0.3) is 22.8 Å². The summed E-state index contributed by atoms with van der Waals surface area (Å²) in [4.78, 5) is 16.2. The topological polar surface area (TPSA) is 41.9 Å². The zero-order chi connectivity index (χ0) is 20.9. The van der Waals surface area contributed by atoms with Crippen LogP contribution in [0.1, 0.15) is 0 Å². The lowest BCUT2D eigenvalue weighted by atomic mass is 10.1. The van der Waals surface area contributed by atoms with Gasteiger partial charge in [-0.2, -0.15) is 0 Å². The highest BCUT2D eigenvalue weighted by Gasteiger charge is 2.16. The summed E-state index contributed by atoms with van der Waals surface area (Å²) in [7, 11) is 0. The SMILES string of the molecule is c1ccc(N(c2ccccc2)c2cc(-c3ccccn3)nc(-c3ccccn3)c2)cc1. The molecule has 3 aromatic heterocycles. The lowest BCUT2D eigenvalue weighted by molar-refractivity contribution is 1.20. The molecular weight excluding hydrogens is 380 g/mol. The molecule has 4 heteroatoms. The first-order chi connectivity index (χ1) is 15.4. The van der Waals surface area contributed by atoms with E-state index in [9.17, 15) is 0 Å². The van der Waals surface area contributed by atoms with E-state index in [0.717, 1.165) is 39.8 Å². The van der Waals surface area contributed by atoms with E-state index in [1.54, 1.807) is 12.4 Å². The highest BCUT2D eigenvalue weighted by molar-refractivity contribution is 5.81. The third kappa shape index (κ3) is 4.05. The van der Waals surface area contributed by atoms with Gasteiger partial charge in [0.1, 0.15) is 0 Å². The lowest BCUT2D eigenvalue weighted by Crippen LogP contribution is -2.10. The van der Waals surface area contributed by atoms with Crippen molar-refractivity contribution < 1.29 is 0 Å². The van der Waals surface area contributed by atoms with Gasteiger partial charge in [0, 0.05) is 23.8 Å². The smallest absolute Gasteiger partial charge is 0.0915 e. The number of aromatic nitrogens is 3. The molecule has 0 spiro atoms. The number of rotatable bonds is 5. The van der Waals surface area contributed by atoms with E-state index >= 15 is 0 Å². The van der Waals surface area contributed by atoms with E-state index in [2.05, 4.69) is 51.3 Å². The van der Waals surface area contributed by atoms with Gasteiger partial charge in [0.2, 0.25) is 0 Å². The molecule has 0 saturated carbocycles. The average Bonchev–Trinajstić information content (AvgIpc) is 2.86. The Morgan fingerprint density at radius 1 is 0.419 bits per heavy atom. The first-order valence-electron chi connectivity index (χ1n) is 10.1. The Hall–Kier alpha value is -4.31. The fourth-order valence-corrected chi connectivity index (χ4v) is 3.54. The molecule has 2 aromatic carbocycles. The number of nitrogens with zero attached hydrogens (tertiary/aromatic N) is 4. The maximum Gasteiger partial charge on any atom is 0.0915 e. The molecule has 0 saturated heterocycles. The summed E-state index contributed by atoms with van der Waals surface area (Å²) in [6, 6.07) is 36.5. The molecule has 0 aliphatic heterocycles. The third-order valence-corrected chi connectivity index (χ3v) is 4.95. The monoisotopic (exact) mass is 400 g/mol. The average molecular weight is 400 g/mol. The molecule has 3 heterocycles. The van der Waals surface area contributed by atoms with Crippen LogP contribution in [-0.2, 0) is 0 Å². The Bertz CT molecular complexity index is 1160. The number of benzene rings is 2. The fourth-order valence-electron chi connectivity index (χ4n) is 3.54. The Morgan fingerprint density at radius 3 is 1.29 bits per heavy atom. The fraction of sp³-hybridized carbons (Fsp3) is 0. The summed E-state index contributed by atoms with van der Waals surface area (Å²) in [5.74, 6) is 0. The summed E-state index contributed by atoms with van der Waals surface area (Å²) >= 11 is 0. The van der Waals surface area contributed by atoms with E-state index in [1.165, 1.54) is 0 Å². The predicted molar refractivity (Wildman–Crippen MR) is 125 cm³/mol. The number of hydrogen-bond donors (Lipinski definition) is 0. The van der Waals surface area contributed by atoms with Crippen LogP contribution < -0.4 is 4.90 Å². The molecule has 0 bridgehead atoms. The van der Waals surface area contributed by atoms with Crippen molar-refractivity contribution in [3.8, 4) is 22.8 Å². The minimum atomic E-state index is 0.801. The molecule has 0 aliphatic rings. The van der Waals surface area contributed by atoms with Crippen LogP contribution >= 0.6 is 0 Å². The molecule has 0 fully saturated rings. The standard InChI is InChI=1S/C27H20N4/c1-3-11-21(12-4-1)31(22-13-5-2-6-14-22)23-19-26(24-15-7-9-17-28-24)30-27(20-23)25-16-8-10-18-29-25/h1-20H. The second-order valence-corrected chi connectivity index (χ2v) is 7.03. The normalized spacial score (nSPS) is 10.6. The lowest BCUT2D eigenvalue weighted by Gasteiger charge is -2.26. The summed E-state index contributed by atoms with van der Waals surface area (Å²) in [5, 5.41) is 0. The van der Waals surface area contributed by atoms with Crippen LogP contribution in [0, 0.1) is 0 Å². The summed E-state index contributed by atoms with van der Waals surface area (Å²) in [5.41, 5.74) is 6.38. The van der Waals surface area contributed by atoms with E-state index < -0.39 is 0 Å². The van der Waals surface area contributed by atoms with Gasteiger partial charge in [-0.25, -0.2) is 4.98 Å². The van der Waals surface area contributed by atoms with Gasteiger partial charge in [-0.05, 0) is 60.7 Å². The molecule has 5 rings (SSSR count). The van der Waals surface area contributed by atoms with Crippen LogP contribution in [0.5, 0.6) is 0 Å². The minimum Gasteiger partial charge on any atom is -0.310 e. The number of hydrogen-bond acceptors (Lipinski definition) is 4. The van der Waals surface area contributed by atoms with Gasteiger partial charge >= 0.3 is 0 Å². The van der Waals surface area contributed by atoms with Gasteiger partial charge in [0.25, 0.3) is 0 Å². The molecule has 0 unspecified atom stereocenters. The number of pyridine rings is 3. The van der Waals surface area contributed by atoms with E-state index in [-0.39, 0.29) is 0 Å². The highest BCUT2D eigenvalue weighted by Crippen LogP contribution is 2.37. The second kappa shape index (κ2) is 8.59. The highest BCUT2D eigenvalue weighted by atomic mass is 15.1. The van der Waals surface area contributed by atoms with Crippen molar-refractivity contribution in [1.82, 2.24) is 15.0 Å². The summed E-state index contributed by atoms with van der Waals surface area (Å²) in [6.45, 7) is 0. The zero-order valence-corrected chi connectivity index (χ0v) is 16.8. The summed E-state index contributed by atoms with van der Waals surface area (Å²) < 4.78 is 0. The van der Waals surface area contributed by atoms with E-state index in [4.69, 9.17) is 4.98 Å². The van der Waals surface area contributed by atoms with Crippen molar-refractivity contribution in [2.24, 2.45) is 0 Å². The Kier molecular flexibility index (Phi) is 5.18. The quantitative estimate of drug-likeness (QED) is 0.330. The molecule has 0 radical (unpaired) electrons. The molecule has 5 aromatic rings. The van der Waals surface area contributed by atoms with Crippen molar-refractivity contribution in [2.75, 3.05) is 4.90 Å². The van der Waals surface area contributed by atoms with Crippen molar-refractivity contribution >= 4 is 17.1 Å². The Morgan fingerprint density at radius 2 is 0.871 bits per heavy atom. The molecule has 0 aliphatic carbocycles. The van der Waals surface area contributed by atoms with E-state index in [0.29, 0.717) is 0 Å². The number of para-hydroxylation sites is 2. The Labute approximate surface area is 181 Å². The van der Waals surface area contributed by atoms with Crippen molar-refractivity contribution in [1.29, 1.82) is 0 Å². The van der Waals surface area contributed by atoms with Gasteiger partial charge in [-0.15, -0.1) is 0 Å². The molecule has 148 valence electrons. The van der Waals surface area contributed by atoms with Crippen molar-refractivity contribution in [3.05, 3.63) is 122 Å². The predicted octanol–water partition coefficient (Wildman–Crippen LogP) is 6.68. The maximum atomic E-state index is 4.89. The molecule has 0 atom stereocenters. The largest absolute Gasteiger partial charge is 0.310 e. The van der Waals surface area contributed by atoms with Crippen LogP contribution in [0.15, 0.2) is 122 Å². The van der Waals surface area contributed by atoms with Gasteiger partial charge in [-0.1, -0.05) is 48.5 Å². The van der Waals surface area contributed by atoms with Crippen LogP contribution in [0.4, 0.5) is 17.1 Å². The maximum absolute atomic E-state index is 4.89. The van der Waals surface area contributed by atoms with E-state index in [1.807, 2.05) is 72.8 Å². The van der Waals surface area contributed by atoms with Crippen molar-refractivity contribution in [2.45, 2.75) is 0 Å². The Balaban J connectivity index is 1.74. The minimum absolute atomic E-state index is 0.801.